The quantitative estimate of drug-likeness (QED) is 0.223. The lowest BCUT2D eigenvalue weighted by molar-refractivity contribution is 0.138. The third-order valence-corrected chi connectivity index (χ3v) is 16.6. The Balaban J connectivity index is 1.34. The Morgan fingerprint density at radius 3 is 1.65 bits per heavy atom. The second-order valence-electron chi connectivity index (χ2n) is 16.4. The minimum atomic E-state index is -1.91. The molecule has 0 heterocycles. The minimum Gasteiger partial charge on any atom is -0.316 e. The monoisotopic (exact) mass is 725 g/mol. The average Bonchev–Trinajstić information content (AvgIpc) is 3.55. The maximum atomic E-state index is 5.00. The Bertz CT molecular complexity index is 2470. The second kappa shape index (κ2) is 17.9. The standard InChI is InChI=1S/C53H47NSi/c1-10-11-12-13-14-15-16-17-18-19-20-21-22-23-24-25-26-27-28-34-39-53(7)49-38-33-32-37-45(49)47-40-48-46(41-50(47)53)42(2)43(3)51(48)55(8,9)54(52(4,5)6)44-35-30-29-31-36-44/h1,32-33,37-38,40-44,46,48,51H,29-31,35-36H2,2-9H3. The normalized spacial score (nSPS) is 23.8. The number of nitrogens with zero attached hydrogens (tertiary/aromatic N) is 1. The van der Waals surface area contributed by atoms with E-state index in [9.17, 15) is 0 Å². The molecule has 2 saturated carbocycles. The van der Waals surface area contributed by atoms with Crippen LogP contribution in [0.5, 0.6) is 0 Å². The second-order valence-corrected chi connectivity index (χ2v) is 20.8. The van der Waals surface area contributed by atoms with Gasteiger partial charge in [0, 0.05) is 35.3 Å². The zero-order valence-electron chi connectivity index (χ0n) is 33.5. The van der Waals surface area contributed by atoms with Crippen LogP contribution in [0.25, 0.3) is 5.57 Å². The lowest BCUT2D eigenvalue weighted by Gasteiger charge is -2.56. The van der Waals surface area contributed by atoms with Crippen molar-refractivity contribution in [2.75, 3.05) is 0 Å². The van der Waals surface area contributed by atoms with E-state index in [4.69, 9.17) is 6.42 Å². The minimum absolute atomic E-state index is 0.154. The molecule has 5 rings (SSSR count). The summed E-state index contributed by atoms with van der Waals surface area (Å²) < 4.78 is 3.08. The zero-order valence-corrected chi connectivity index (χ0v) is 34.5. The molecule has 6 atom stereocenters. The molecule has 2 heteroatoms. The summed E-state index contributed by atoms with van der Waals surface area (Å²) in [5.74, 6) is 58.2. The van der Waals surface area contributed by atoms with Gasteiger partial charge in [-0.05, 0) is 187 Å². The fraction of sp³-hybridized carbons (Fsp3) is 0.396. The molecule has 4 aliphatic carbocycles. The van der Waals surface area contributed by atoms with Crippen LogP contribution in [0, 0.1) is 154 Å². The van der Waals surface area contributed by atoms with Crippen molar-refractivity contribution in [1.82, 2.24) is 4.57 Å². The van der Waals surface area contributed by atoms with Crippen LogP contribution in [0.1, 0.15) is 84.8 Å². The SMILES string of the molecule is C#CC#CC#CC#CC#CC#CC#CC#CC#CC#CC#CC1(C)C2=CC3C(C)C(C)C([Si](C)(C)N(C4CCCCC4)C(C)(C)C)C3C=C2c2ccccc21. The number of terminal acetylenes is 1. The molecule has 268 valence electrons. The van der Waals surface area contributed by atoms with E-state index in [1.807, 2.05) is 0 Å². The molecule has 0 radical (unpaired) electrons. The van der Waals surface area contributed by atoms with Gasteiger partial charge in [-0.2, -0.15) is 0 Å². The van der Waals surface area contributed by atoms with Gasteiger partial charge in [0.25, 0.3) is 0 Å². The van der Waals surface area contributed by atoms with E-state index in [-0.39, 0.29) is 5.54 Å². The van der Waals surface area contributed by atoms with Crippen LogP contribution in [0.15, 0.2) is 42.0 Å². The number of benzene rings is 1. The molecule has 4 aliphatic rings. The molecular weight excluding hydrogens is 679 g/mol. The highest BCUT2D eigenvalue weighted by Gasteiger charge is 2.58. The Morgan fingerprint density at radius 1 is 0.655 bits per heavy atom. The van der Waals surface area contributed by atoms with Crippen molar-refractivity contribution in [2.24, 2.45) is 23.7 Å². The highest BCUT2D eigenvalue weighted by molar-refractivity contribution is 6.76. The van der Waals surface area contributed by atoms with Crippen molar-refractivity contribution in [3.05, 3.63) is 53.1 Å². The van der Waals surface area contributed by atoms with Gasteiger partial charge in [0.2, 0.25) is 0 Å². The first-order valence-corrected chi connectivity index (χ1v) is 22.3. The fourth-order valence-corrected chi connectivity index (χ4v) is 16.1. The van der Waals surface area contributed by atoms with Gasteiger partial charge in [0.05, 0.1) is 5.41 Å². The van der Waals surface area contributed by atoms with Crippen molar-refractivity contribution in [2.45, 2.75) is 109 Å². The molecule has 0 bridgehead atoms. The van der Waals surface area contributed by atoms with Crippen LogP contribution < -0.4 is 0 Å². The number of hydrogen-bond acceptors (Lipinski definition) is 1. The number of hydrogen-bond donors (Lipinski definition) is 0. The number of rotatable bonds is 3. The Hall–Kier alpha value is -5.96. The summed E-state index contributed by atoms with van der Waals surface area (Å²) in [7, 11) is -1.91. The van der Waals surface area contributed by atoms with Crippen LogP contribution in [0.4, 0.5) is 0 Å². The van der Waals surface area contributed by atoms with Crippen molar-refractivity contribution in [3.8, 4) is 131 Å². The molecule has 2 fully saturated rings. The lowest BCUT2D eigenvalue weighted by Crippen LogP contribution is -2.65. The molecule has 0 aromatic heterocycles. The van der Waals surface area contributed by atoms with Gasteiger partial charge in [0.1, 0.15) is 8.24 Å². The Morgan fingerprint density at radius 2 is 1.15 bits per heavy atom. The molecule has 1 aromatic carbocycles. The molecule has 0 amide bonds. The topological polar surface area (TPSA) is 3.24 Å². The number of fused-ring (bicyclic) bond motifs is 4. The summed E-state index contributed by atoms with van der Waals surface area (Å²) in [5.41, 5.74) is 5.70. The predicted octanol–water partition coefficient (Wildman–Crippen LogP) is 8.48. The van der Waals surface area contributed by atoms with Crippen molar-refractivity contribution in [3.63, 3.8) is 0 Å². The summed E-state index contributed by atoms with van der Waals surface area (Å²) in [6.45, 7) is 20.1. The van der Waals surface area contributed by atoms with E-state index < -0.39 is 13.7 Å². The van der Waals surface area contributed by atoms with E-state index in [1.54, 1.807) is 0 Å². The third-order valence-electron chi connectivity index (χ3n) is 11.8. The van der Waals surface area contributed by atoms with Crippen LogP contribution in [0.2, 0.25) is 18.6 Å². The van der Waals surface area contributed by atoms with E-state index in [0.29, 0.717) is 35.3 Å². The van der Waals surface area contributed by atoms with Crippen molar-refractivity contribution in [1.29, 1.82) is 0 Å². The first kappa shape index (κ1) is 40.2. The van der Waals surface area contributed by atoms with Crippen molar-refractivity contribution < 1.29 is 0 Å². The fourth-order valence-electron chi connectivity index (χ4n) is 9.99. The molecule has 6 unspecified atom stereocenters. The molecule has 1 nitrogen and oxygen atoms in total. The molecule has 1 aromatic rings. The summed E-state index contributed by atoms with van der Waals surface area (Å²) in [6, 6.07) is 9.54. The highest BCUT2D eigenvalue weighted by atomic mass is 28.3. The Kier molecular flexibility index (Phi) is 13.1. The van der Waals surface area contributed by atoms with Gasteiger partial charge in [-0.25, -0.2) is 0 Å². The van der Waals surface area contributed by atoms with Crippen LogP contribution in [-0.4, -0.2) is 24.4 Å². The van der Waals surface area contributed by atoms with E-state index in [0.717, 1.165) is 0 Å². The van der Waals surface area contributed by atoms with Crippen LogP contribution in [-0.2, 0) is 5.41 Å². The molecular formula is C53H47NSi. The van der Waals surface area contributed by atoms with Gasteiger partial charge >= 0.3 is 0 Å². The molecule has 0 saturated heterocycles. The average molecular weight is 726 g/mol. The predicted molar refractivity (Wildman–Crippen MR) is 231 cm³/mol. The van der Waals surface area contributed by atoms with Crippen LogP contribution in [0.3, 0.4) is 0 Å². The van der Waals surface area contributed by atoms with E-state index in [2.05, 4.69) is 220 Å². The number of allylic oxidation sites excluding steroid dienone is 4. The molecule has 0 spiro atoms. The lowest BCUT2D eigenvalue weighted by atomic mass is 9.74. The maximum absolute atomic E-state index is 5.00. The Labute approximate surface area is 333 Å². The summed E-state index contributed by atoms with van der Waals surface area (Å²) in [5, 5.41) is 0. The smallest absolute Gasteiger partial charge is 0.127 e. The third kappa shape index (κ3) is 9.05. The summed E-state index contributed by atoms with van der Waals surface area (Å²) in [6.07, 6.45) is 17.1. The first-order valence-electron chi connectivity index (χ1n) is 19.2. The van der Waals surface area contributed by atoms with Gasteiger partial charge in [0.15, 0.2) is 0 Å². The first-order chi connectivity index (χ1) is 26.4. The molecule has 0 aliphatic heterocycles. The highest BCUT2D eigenvalue weighted by Crippen LogP contribution is 2.62. The van der Waals surface area contributed by atoms with Gasteiger partial charge in [-0.1, -0.05) is 88.5 Å². The molecule has 55 heavy (non-hydrogen) atoms. The maximum Gasteiger partial charge on any atom is 0.127 e. The van der Waals surface area contributed by atoms with Gasteiger partial charge < -0.3 is 4.57 Å². The largest absolute Gasteiger partial charge is 0.316 e. The summed E-state index contributed by atoms with van der Waals surface area (Å²) >= 11 is 0. The van der Waals surface area contributed by atoms with Gasteiger partial charge in [-0.3, -0.25) is 0 Å². The van der Waals surface area contributed by atoms with Crippen LogP contribution >= 0.6 is 0 Å². The summed E-state index contributed by atoms with van der Waals surface area (Å²) in [4.78, 5) is 0. The van der Waals surface area contributed by atoms with E-state index in [1.165, 1.54) is 54.4 Å². The zero-order chi connectivity index (χ0) is 39.5. The van der Waals surface area contributed by atoms with Gasteiger partial charge in [-0.15, -0.1) is 6.42 Å². The molecule has 0 N–H and O–H groups in total. The van der Waals surface area contributed by atoms with E-state index >= 15 is 0 Å². The van der Waals surface area contributed by atoms with Crippen molar-refractivity contribution >= 4 is 13.8 Å².